The minimum atomic E-state index is 0.311. The molecule has 1 amide bonds. The molecule has 5 rings (SSSR count). The highest BCUT2D eigenvalue weighted by Crippen LogP contribution is 2.31. The lowest BCUT2D eigenvalue weighted by molar-refractivity contribution is -0.132. The fourth-order valence-electron chi connectivity index (χ4n) is 5.12. The van der Waals surface area contributed by atoms with Crippen molar-refractivity contribution in [3.8, 4) is 0 Å². The van der Waals surface area contributed by atoms with E-state index in [1.165, 1.54) is 24.2 Å². The lowest BCUT2D eigenvalue weighted by Gasteiger charge is -2.37. The number of nitrogens with zero attached hydrogens (tertiary/aromatic N) is 5. The van der Waals surface area contributed by atoms with Crippen molar-refractivity contribution in [2.75, 3.05) is 74.0 Å². The SMILES string of the molecule is CCCN1CCN(c2ccccc2CNc2ccc(N3CCN(C(=O)C4CC4)CC3)nc2)CC1. The predicted octanol–water partition coefficient (Wildman–Crippen LogP) is 3.28. The molecule has 0 radical (unpaired) electrons. The van der Waals surface area contributed by atoms with Crippen LogP contribution in [0, 0.1) is 5.92 Å². The van der Waals surface area contributed by atoms with Gasteiger partial charge in [0.05, 0.1) is 11.9 Å². The van der Waals surface area contributed by atoms with Crippen molar-refractivity contribution < 1.29 is 4.79 Å². The first-order valence-corrected chi connectivity index (χ1v) is 13.0. The summed E-state index contributed by atoms with van der Waals surface area (Å²) in [5.41, 5.74) is 3.70. The second-order valence-electron chi connectivity index (χ2n) is 9.80. The number of carbonyl (C=O) groups excluding carboxylic acids is 1. The van der Waals surface area contributed by atoms with E-state index in [1.54, 1.807) is 0 Å². The number of amides is 1. The second-order valence-corrected chi connectivity index (χ2v) is 9.80. The van der Waals surface area contributed by atoms with Crippen molar-refractivity contribution in [1.29, 1.82) is 0 Å². The van der Waals surface area contributed by atoms with Gasteiger partial charge in [0.1, 0.15) is 5.82 Å². The molecule has 2 aliphatic heterocycles. The molecule has 2 saturated heterocycles. The van der Waals surface area contributed by atoms with Crippen molar-refractivity contribution in [3.63, 3.8) is 0 Å². The number of pyridine rings is 1. The third kappa shape index (κ3) is 5.46. The number of benzene rings is 1. The van der Waals surface area contributed by atoms with Crippen LogP contribution in [0.3, 0.4) is 0 Å². The first kappa shape index (κ1) is 23.0. The van der Waals surface area contributed by atoms with E-state index in [0.29, 0.717) is 11.8 Å². The first-order chi connectivity index (χ1) is 16.7. The van der Waals surface area contributed by atoms with Crippen LogP contribution >= 0.6 is 0 Å². The zero-order valence-corrected chi connectivity index (χ0v) is 20.5. The Bertz CT molecular complexity index is 944. The highest BCUT2D eigenvalue weighted by molar-refractivity contribution is 5.81. The van der Waals surface area contributed by atoms with Gasteiger partial charge in [0, 0.05) is 70.5 Å². The number of carbonyl (C=O) groups is 1. The molecular formula is C27H38N6O. The van der Waals surface area contributed by atoms with Gasteiger partial charge in [-0.3, -0.25) is 9.69 Å². The first-order valence-electron chi connectivity index (χ1n) is 13.0. The maximum absolute atomic E-state index is 12.3. The van der Waals surface area contributed by atoms with Crippen LogP contribution in [0.2, 0.25) is 0 Å². The maximum atomic E-state index is 12.3. The van der Waals surface area contributed by atoms with E-state index in [0.717, 1.165) is 83.2 Å². The summed E-state index contributed by atoms with van der Waals surface area (Å²) in [6, 6.07) is 13.0. The monoisotopic (exact) mass is 462 g/mol. The topological polar surface area (TPSA) is 55.0 Å². The molecule has 0 unspecified atom stereocenters. The summed E-state index contributed by atoms with van der Waals surface area (Å²) in [5, 5.41) is 3.57. The zero-order chi connectivity index (χ0) is 23.3. The van der Waals surface area contributed by atoms with Crippen LogP contribution in [0.4, 0.5) is 17.2 Å². The zero-order valence-electron chi connectivity index (χ0n) is 20.5. The largest absolute Gasteiger partial charge is 0.380 e. The molecular weight excluding hydrogens is 424 g/mol. The Morgan fingerprint density at radius 1 is 0.941 bits per heavy atom. The van der Waals surface area contributed by atoms with Gasteiger partial charge in [-0.05, 0) is 49.6 Å². The van der Waals surface area contributed by atoms with Gasteiger partial charge in [-0.2, -0.15) is 0 Å². The minimum Gasteiger partial charge on any atom is -0.380 e. The van der Waals surface area contributed by atoms with E-state index in [-0.39, 0.29) is 0 Å². The molecule has 0 bridgehead atoms. The van der Waals surface area contributed by atoms with Crippen LogP contribution in [0.5, 0.6) is 0 Å². The van der Waals surface area contributed by atoms with E-state index in [4.69, 9.17) is 4.98 Å². The number of anilines is 3. The summed E-state index contributed by atoms with van der Waals surface area (Å²) in [7, 11) is 0. The second kappa shape index (κ2) is 10.6. The van der Waals surface area contributed by atoms with Crippen LogP contribution < -0.4 is 15.1 Å². The molecule has 34 heavy (non-hydrogen) atoms. The summed E-state index contributed by atoms with van der Waals surface area (Å²) >= 11 is 0. The Morgan fingerprint density at radius 2 is 1.68 bits per heavy atom. The third-order valence-electron chi connectivity index (χ3n) is 7.32. The Hall–Kier alpha value is -2.80. The van der Waals surface area contributed by atoms with Crippen LogP contribution in [0.25, 0.3) is 0 Å². The number of piperazine rings is 2. The molecule has 182 valence electrons. The molecule has 0 spiro atoms. The molecule has 7 nitrogen and oxygen atoms in total. The third-order valence-corrected chi connectivity index (χ3v) is 7.32. The van der Waals surface area contributed by atoms with Crippen molar-refractivity contribution in [3.05, 3.63) is 48.2 Å². The average Bonchev–Trinajstić information content (AvgIpc) is 3.74. The van der Waals surface area contributed by atoms with E-state index < -0.39 is 0 Å². The van der Waals surface area contributed by atoms with Crippen LogP contribution in [0.1, 0.15) is 31.7 Å². The normalized spacial score (nSPS) is 19.4. The van der Waals surface area contributed by atoms with Crippen molar-refractivity contribution in [1.82, 2.24) is 14.8 Å². The van der Waals surface area contributed by atoms with E-state index in [9.17, 15) is 4.79 Å². The number of para-hydroxylation sites is 1. The molecule has 7 heteroatoms. The van der Waals surface area contributed by atoms with Gasteiger partial charge < -0.3 is 20.0 Å². The summed E-state index contributed by atoms with van der Waals surface area (Å²) in [5.74, 6) is 1.66. The molecule has 3 fully saturated rings. The summed E-state index contributed by atoms with van der Waals surface area (Å²) in [4.78, 5) is 26.4. The minimum absolute atomic E-state index is 0.311. The molecule has 3 heterocycles. The van der Waals surface area contributed by atoms with Gasteiger partial charge in [-0.15, -0.1) is 0 Å². The van der Waals surface area contributed by atoms with E-state index >= 15 is 0 Å². The van der Waals surface area contributed by atoms with Gasteiger partial charge in [-0.1, -0.05) is 25.1 Å². The lowest BCUT2D eigenvalue weighted by atomic mass is 10.1. The molecule has 1 aromatic heterocycles. The van der Waals surface area contributed by atoms with Gasteiger partial charge in [0.2, 0.25) is 5.91 Å². The van der Waals surface area contributed by atoms with Crippen LogP contribution in [-0.4, -0.2) is 79.6 Å². The standard InChI is InChI=1S/C27H38N6O/c1-2-11-30-12-14-31(15-13-30)25-6-4-3-5-23(25)20-28-24-9-10-26(29-21-24)32-16-18-33(19-17-32)27(34)22-7-8-22/h3-6,9-10,21-22,28H,2,7-8,11-20H2,1H3. The molecule has 1 aliphatic carbocycles. The highest BCUT2D eigenvalue weighted by atomic mass is 16.2. The lowest BCUT2D eigenvalue weighted by Crippen LogP contribution is -2.49. The number of nitrogens with one attached hydrogen (secondary N) is 1. The van der Waals surface area contributed by atoms with E-state index in [2.05, 4.69) is 63.3 Å². The summed E-state index contributed by atoms with van der Waals surface area (Å²) in [6.07, 6.45) is 5.32. The summed E-state index contributed by atoms with van der Waals surface area (Å²) < 4.78 is 0. The van der Waals surface area contributed by atoms with Crippen molar-refractivity contribution in [2.45, 2.75) is 32.7 Å². The quantitative estimate of drug-likeness (QED) is 0.650. The molecule has 0 atom stereocenters. The Morgan fingerprint density at radius 3 is 2.35 bits per heavy atom. The molecule has 1 aromatic carbocycles. The molecule has 1 saturated carbocycles. The smallest absolute Gasteiger partial charge is 0.225 e. The molecule has 1 N–H and O–H groups in total. The van der Waals surface area contributed by atoms with Gasteiger partial charge in [0.25, 0.3) is 0 Å². The molecule has 2 aromatic rings. The van der Waals surface area contributed by atoms with Crippen molar-refractivity contribution >= 4 is 23.1 Å². The van der Waals surface area contributed by atoms with Crippen LogP contribution in [0.15, 0.2) is 42.6 Å². The maximum Gasteiger partial charge on any atom is 0.225 e. The van der Waals surface area contributed by atoms with Crippen LogP contribution in [-0.2, 0) is 11.3 Å². The number of rotatable bonds is 8. The predicted molar refractivity (Wildman–Crippen MR) is 138 cm³/mol. The molecule has 3 aliphatic rings. The van der Waals surface area contributed by atoms with Gasteiger partial charge >= 0.3 is 0 Å². The Kier molecular flexibility index (Phi) is 7.19. The number of aromatic nitrogens is 1. The van der Waals surface area contributed by atoms with E-state index in [1.807, 2.05) is 11.1 Å². The average molecular weight is 463 g/mol. The Labute approximate surface area is 203 Å². The summed E-state index contributed by atoms with van der Waals surface area (Å²) in [6.45, 7) is 12.0. The highest BCUT2D eigenvalue weighted by Gasteiger charge is 2.34. The Balaban J connectivity index is 1.13. The van der Waals surface area contributed by atoms with Gasteiger partial charge in [0.15, 0.2) is 0 Å². The number of hydrogen-bond acceptors (Lipinski definition) is 6. The van der Waals surface area contributed by atoms with Crippen molar-refractivity contribution in [2.24, 2.45) is 5.92 Å². The van der Waals surface area contributed by atoms with Gasteiger partial charge in [-0.25, -0.2) is 4.98 Å². The number of hydrogen-bond donors (Lipinski definition) is 1. The fourth-order valence-corrected chi connectivity index (χ4v) is 5.12. The fraction of sp³-hybridized carbons (Fsp3) is 0.556.